The minimum Gasteiger partial charge on any atom is -0.423 e. The van der Waals surface area contributed by atoms with Crippen molar-refractivity contribution in [2.24, 2.45) is 0 Å². The van der Waals surface area contributed by atoms with Crippen molar-refractivity contribution in [2.75, 3.05) is 17.1 Å². The van der Waals surface area contributed by atoms with E-state index in [0.29, 0.717) is 0 Å². The summed E-state index contributed by atoms with van der Waals surface area (Å²) in [4.78, 5) is 32.3. The molecular formula is C10H8Cl2N2O5. The van der Waals surface area contributed by atoms with Crippen LogP contribution in [0.3, 0.4) is 0 Å². The number of amides is 1. The van der Waals surface area contributed by atoms with Crippen LogP contribution in [0, 0.1) is 10.1 Å². The van der Waals surface area contributed by atoms with Crippen LogP contribution in [-0.4, -0.2) is 28.6 Å². The molecule has 1 amide bonds. The van der Waals surface area contributed by atoms with Gasteiger partial charge in [0, 0.05) is 12.1 Å². The fourth-order valence-electron chi connectivity index (χ4n) is 1.15. The van der Waals surface area contributed by atoms with Crippen LogP contribution in [0.4, 0.5) is 11.4 Å². The summed E-state index contributed by atoms with van der Waals surface area (Å²) >= 11 is 10.6. The number of carbonyl (C=O) groups excluding carboxylic acids is 2. The van der Waals surface area contributed by atoms with E-state index in [9.17, 15) is 19.7 Å². The van der Waals surface area contributed by atoms with E-state index in [-0.39, 0.29) is 28.9 Å². The normalized spacial score (nSPS) is 9.79. The van der Waals surface area contributed by atoms with Crippen LogP contribution in [0.1, 0.15) is 0 Å². The van der Waals surface area contributed by atoms with Crippen LogP contribution in [0.5, 0.6) is 5.75 Å². The number of halogens is 2. The first-order valence-electron chi connectivity index (χ1n) is 4.88. The lowest BCUT2D eigenvalue weighted by Gasteiger charge is -2.09. The molecule has 0 radical (unpaired) electrons. The van der Waals surface area contributed by atoms with Gasteiger partial charge >= 0.3 is 5.97 Å². The molecule has 1 aromatic rings. The van der Waals surface area contributed by atoms with E-state index in [1.807, 2.05) is 0 Å². The van der Waals surface area contributed by atoms with Crippen molar-refractivity contribution < 1.29 is 19.2 Å². The molecule has 1 N–H and O–H groups in total. The number of anilines is 1. The summed E-state index contributed by atoms with van der Waals surface area (Å²) < 4.78 is 4.82. The summed E-state index contributed by atoms with van der Waals surface area (Å²) in [5.74, 6) is -2.12. The summed E-state index contributed by atoms with van der Waals surface area (Å²) in [5, 5.41) is 12.9. The molecule has 0 bridgehead atoms. The van der Waals surface area contributed by atoms with Gasteiger partial charge in [0.1, 0.15) is 11.8 Å². The lowest BCUT2D eigenvalue weighted by molar-refractivity contribution is -0.384. The Morgan fingerprint density at radius 1 is 1.32 bits per heavy atom. The third-order valence-electron chi connectivity index (χ3n) is 1.90. The van der Waals surface area contributed by atoms with Gasteiger partial charge in [-0.15, -0.1) is 23.2 Å². The summed E-state index contributed by atoms with van der Waals surface area (Å²) in [6.07, 6.45) is 0. The second kappa shape index (κ2) is 6.91. The lowest BCUT2D eigenvalue weighted by atomic mass is 10.2. The first kappa shape index (κ1) is 15.2. The van der Waals surface area contributed by atoms with Crippen LogP contribution < -0.4 is 10.1 Å². The molecule has 0 atom stereocenters. The molecule has 0 aliphatic rings. The number of carbonyl (C=O) groups is 2. The molecule has 0 aliphatic carbocycles. The number of rotatable bonds is 5. The van der Waals surface area contributed by atoms with Gasteiger partial charge in [0.25, 0.3) is 5.69 Å². The number of esters is 1. The Balaban J connectivity index is 3.10. The third-order valence-corrected chi connectivity index (χ3v) is 2.36. The monoisotopic (exact) mass is 306 g/mol. The Labute approximate surface area is 117 Å². The predicted octanol–water partition coefficient (Wildman–Crippen LogP) is 1.92. The maximum Gasteiger partial charge on any atom is 0.326 e. The van der Waals surface area contributed by atoms with Crippen LogP contribution >= 0.6 is 23.2 Å². The molecule has 19 heavy (non-hydrogen) atoms. The number of hydrogen-bond donors (Lipinski definition) is 1. The van der Waals surface area contributed by atoms with Gasteiger partial charge in [0.15, 0.2) is 5.75 Å². The van der Waals surface area contributed by atoms with E-state index < -0.39 is 16.8 Å². The Kier molecular flexibility index (Phi) is 5.53. The molecule has 1 aromatic carbocycles. The van der Waals surface area contributed by atoms with Gasteiger partial charge in [0.2, 0.25) is 5.91 Å². The molecule has 0 saturated heterocycles. The fraction of sp³-hybridized carbons (Fsp3) is 0.200. The number of alkyl halides is 2. The van der Waals surface area contributed by atoms with E-state index in [1.165, 1.54) is 6.07 Å². The van der Waals surface area contributed by atoms with Gasteiger partial charge in [-0.3, -0.25) is 19.7 Å². The number of benzene rings is 1. The predicted molar refractivity (Wildman–Crippen MR) is 68.8 cm³/mol. The highest BCUT2D eigenvalue weighted by atomic mass is 35.5. The zero-order valence-electron chi connectivity index (χ0n) is 9.39. The van der Waals surface area contributed by atoms with Gasteiger partial charge in [-0.2, -0.15) is 0 Å². The van der Waals surface area contributed by atoms with Gasteiger partial charge in [-0.25, -0.2) is 0 Å². The molecule has 102 valence electrons. The molecule has 1 rings (SSSR count). The zero-order valence-corrected chi connectivity index (χ0v) is 10.9. The summed E-state index contributed by atoms with van der Waals surface area (Å²) in [6.45, 7) is 0. The molecule has 0 heterocycles. The third kappa shape index (κ3) is 4.38. The minimum absolute atomic E-state index is 0.0293. The highest BCUT2D eigenvalue weighted by molar-refractivity contribution is 6.29. The summed E-state index contributed by atoms with van der Waals surface area (Å²) in [5.41, 5.74) is -0.297. The molecule has 9 heteroatoms. The first-order chi connectivity index (χ1) is 8.97. The van der Waals surface area contributed by atoms with Crippen molar-refractivity contribution >= 4 is 46.5 Å². The maximum absolute atomic E-state index is 11.2. The number of nitrogens with one attached hydrogen (secondary N) is 1. The molecule has 0 aliphatic heterocycles. The number of nitro benzene ring substituents is 1. The lowest BCUT2D eigenvalue weighted by Crippen LogP contribution is -2.16. The van der Waals surface area contributed by atoms with Crippen LogP contribution in [-0.2, 0) is 9.59 Å². The van der Waals surface area contributed by atoms with E-state index in [4.69, 9.17) is 27.9 Å². The van der Waals surface area contributed by atoms with Gasteiger partial charge < -0.3 is 10.1 Å². The number of hydrogen-bond acceptors (Lipinski definition) is 5. The maximum atomic E-state index is 11.2. The highest BCUT2D eigenvalue weighted by Crippen LogP contribution is 2.29. The smallest absolute Gasteiger partial charge is 0.326 e. The molecule has 0 saturated carbocycles. The number of ether oxygens (including phenoxy) is 1. The zero-order chi connectivity index (χ0) is 14.4. The largest absolute Gasteiger partial charge is 0.423 e. The molecular weight excluding hydrogens is 299 g/mol. The van der Waals surface area contributed by atoms with Crippen LogP contribution in [0.25, 0.3) is 0 Å². The Bertz CT molecular complexity index is 521. The van der Waals surface area contributed by atoms with Gasteiger partial charge in [-0.1, -0.05) is 0 Å². The van der Waals surface area contributed by atoms with Crippen molar-refractivity contribution in [3.8, 4) is 5.75 Å². The second-order valence-corrected chi connectivity index (χ2v) is 3.76. The first-order valence-corrected chi connectivity index (χ1v) is 5.95. The molecule has 7 nitrogen and oxygen atoms in total. The molecule has 0 spiro atoms. The SMILES string of the molecule is O=C(CCl)Nc1cc([N+](=O)[O-])ccc1OC(=O)CCl. The average molecular weight is 307 g/mol. The Morgan fingerprint density at radius 3 is 2.53 bits per heavy atom. The quantitative estimate of drug-likeness (QED) is 0.294. The van der Waals surface area contributed by atoms with Crippen LogP contribution in [0.2, 0.25) is 0 Å². The minimum atomic E-state index is -0.753. The summed E-state index contributed by atoms with van der Waals surface area (Å²) in [6, 6.07) is 3.38. The molecule has 0 unspecified atom stereocenters. The van der Waals surface area contributed by atoms with Crippen LogP contribution in [0.15, 0.2) is 18.2 Å². The van der Waals surface area contributed by atoms with E-state index in [2.05, 4.69) is 5.32 Å². The van der Waals surface area contributed by atoms with Gasteiger partial charge in [-0.05, 0) is 6.07 Å². The number of non-ortho nitro benzene ring substituents is 1. The van der Waals surface area contributed by atoms with E-state index in [1.54, 1.807) is 0 Å². The van der Waals surface area contributed by atoms with Crippen molar-refractivity contribution in [1.82, 2.24) is 0 Å². The topological polar surface area (TPSA) is 98.5 Å². The Hall–Kier alpha value is -1.86. The van der Waals surface area contributed by atoms with Crippen molar-refractivity contribution in [3.05, 3.63) is 28.3 Å². The van der Waals surface area contributed by atoms with Gasteiger partial charge in [0.05, 0.1) is 10.6 Å². The average Bonchev–Trinajstić information content (AvgIpc) is 2.39. The second-order valence-electron chi connectivity index (χ2n) is 3.23. The Morgan fingerprint density at radius 2 is 2.00 bits per heavy atom. The van der Waals surface area contributed by atoms with Crippen molar-refractivity contribution in [1.29, 1.82) is 0 Å². The number of nitrogens with zero attached hydrogens (tertiary/aromatic N) is 1. The van der Waals surface area contributed by atoms with Crippen molar-refractivity contribution in [2.45, 2.75) is 0 Å². The summed E-state index contributed by atoms with van der Waals surface area (Å²) in [7, 11) is 0. The molecule has 0 aromatic heterocycles. The molecule has 0 fully saturated rings. The standard InChI is InChI=1S/C10H8Cl2N2O5/c11-4-9(15)13-7-3-6(14(17)18)1-2-8(7)19-10(16)5-12/h1-3H,4-5H2,(H,13,15). The highest BCUT2D eigenvalue weighted by Gasteiger charge is 2.15. The number of nitro groups is 1. The van der Waals surface area contributed by atoms with E-state index >= 15 is 0 Å². The van der Waals surface area contributed by atoms with Crippen molar-refractivity contribution in [3.63, 3.8) is 0 Å². The van der Waals surface area contributed by atoms with E-state index in [0.717, 1.165) is 12.1 Å². The fourth-order valence-corrected chi connectivity index (χ4v) is 1.27.